The maximum Gasteiger partial charge on any atom is 0.00673 e. The molecule has 2 rings (SSSR count). The summed E-state index contributed by atoms with van der Waals surface area (Å²) < 4.78 is 0. The van der Waals surface area contributed by atoms with E-state index in [9.17, 15) is 0 Å². The van der Waals surface area contributed by atoms with Crippen molar-refractivity contribution in [3.63, 3.8) is 0 Å². The van der Waals surface area contributed by atoms with Crippen LogP contribution in [-0.2, 0) is 0 Å². The second kappa shape index (κ2) is 7.64. The third-order valence-corrected chi connectivity index (χ3v) is 5.29. The first-order chi connectivity index (χ1) is 9.19. The zero-order valence-corrected chi connectivity index (χ0v) is 13.3. The fraction of sp³-hybridized carbons (Fsp3) is 1.00. The Morgan fingerprint density at radius 2 is 1.79 bits per heavy atom. The Balaban J connectivity index is 1.60. The molecule has 1 atom stereocenters. The van der Waals surface area contributed by atoms with Crippen LogP contribution in [0.15, 0.2) is 0 Å². The quantitative estimate of drug-likeness (QED) is 0.789. The van der Waals surface area contributed by atoms with Crippen molar-refractivity contribution >= 4 is 0 Å². The molecule has 1 aliphatic heterocycles. The lowest BCUT2D eigenvalue weighted by Gasteiger charge is -2.30. The van der Waals surface area contributed by atoms with Crippen molar-refractivity contribution in [3.05, 3.63) is 0 Å². The Labute approximate surface area is 120 Å². The highest BCUT2D eigenvalue weighted by Gasteiger charge is 2.25. The van der Waals surface area contributed by atoms with Crippen LogP contribution in [0.25, 0.3) is 0 Å². The van der Waals surface area contributed by atoms with Gasteiger partial charge in [-0.25, -0.2) is 0 Å². The Morgan fingerprint density at radius 1 is 1.05 bits per heavy atom. The lowest BCUT2D eigenvalue weighted by molar-refractivity contribution is 0.251. The zero-order chi connectivity index (χ0) is 13.7. The molecule has 2 fully saturated rings. The van der Waals surface area contributed by atoms with Crippen LogP contribution >= 0.6 is 0 Å². The van der Waals surface area contributed by atoms with Gasteiger partial charge in [0, 0.05) is 18.6 Å². The molecule has 0 aromatic rings. The van der Waals surface area contributed by atoms with Crippen molar-refractivity contribution in [2.45, 2.75) is 77.8 Å². The number of hydrogen-bond acceptors (Lipinski definition) is 2. The van der Waals surface area contributed by atoms with Gasteiger partial charge in [0.25, 0.3) is 0 Å². The second-order valence-electron chi connectivity index (χ2n) is 7.16. The zero-order valence-electron chi connectivity index (χ0n) is 13.3. The number of nitrogens with zero attached hydrogens (tertiary/aromatic N) is 1. The summed E-state index contributed by atoms with van der Waals surface area (Å²) >= 11 is 0. The molecule has 1 unspecified atom stereocenters. The molecule has 0 aromatic heterocycles. The molecule has 1 aliphatic carbocycles. The largest absolute Gasteiger partial charge is 0.314 e. The molecule has 2 heteroatoms. The molecule has 1 saturated heterocycles. The van der Waals surface area contributed by atoms with Gasteiger partial charge in [0.2, 0.25) is 0 Å². The molecular formula is C17H34N2. The molecule has 0 radical (unpaired) electrons. The molecule has 0 spiro atoms. The third-order valence-electron chi connectivity index (χ3n) is 5.29. The summed E-state index contributed by atoms with van der Waals surface area (Å²) in [5.41, 5.74) is 0. The van der Waals surface area contributed by atoms with Crippen molar-refractivity contribution in [2.24, 2.45) is 11.8 Å². The summed E-state index contributed by atoms with van der Waals surface area (Å²) in [6.07, 6.45) is 10.0. The van der Waals surface area contributed by atoms with Crippen molar-refractivity contribution in [1.82, 2.24) is 10.2 Å². The number of rotatable bonds is 6. The van der Waals surface area contributed by atoms with Crippen LogP contribution in [-0.4, -0.2) is 36.6 Å². The van der Waals surface area contributed by atoms with Gasteiger partial charge in [0.1, 0.15) is 0 Å². The topological polar surface area (TPSA) is 15.3 Å². The predicted octanol–water partition coefficient (Wildman–Crippen LogP) is 3.67. The summed E-state index contributed by atoms with van der Waals surface area (Å²) in [5.74, 6) is 1.93. The minimum atomic E-state index is 0.731. The lowest BCUT2D eigenvalue weighted by Crippen LogP contribution is -2.37. The maximum atomic E-state index is 3.86. The van der Waals surface area contributed by atoms with Gasteiger partial charge < -0.3 is 10.2 Å². The highest BCUT2D eigenvalue weighted by molar-refractivity contribution is 4.82. The van der Waals surface area contributed by atoms with E-state index in [-0.39, 0.29) is 0 Å². The molecule has 0 amide bonds. The number of likely N-dealkylation sites (tertiary alicyclic amines) is 1. The maximum absolute atomic E-state index is 3.86. The third kappa shape index (κ3) is 4.75. The standard InChI is InChI=1S/C17H34N2/c1-4-5-15-6-8-17(9-7-15)18-12-16-10-11-19(13-16)14(2)3/h14-18H,4-13H2,1-3H3. The Hall–Kier alpha value is -0.0800. The number of nitrogens with one attached hydrogen (secondary N) is 1. The minimum Gasteiger partial charge on any atom is -0.314 e. The van der Waals surface area contributed by atoms with Gasteiger partial charge in [-0.2, -0.15) is 0 Å². The summed E-state index contributed by atoms with van der Waals surface area (Å²) in [4.78, 5) is 2.63. The molecular weight excluding hydrogens is 232 g/mol. The summed E-state index contributed by atoms with van der Waals surface area (Å²) in [6, 6.07) is 1.55. The van der Waals surface area contributed by atoms with Crippen molar-refractivity contribution in [2.75, 3.05) is 19.6 Å². The molecule has 0 aromatic carbocycles. The van der Waals surface area contributed by atoms with Gasteiger partial charge in [-0.1, -0.05) is 19.8 Å². The monoisotopic (exact) mass is 266 g/mol. The van der Waals surface area contributed by atoms with Crippen LogP contribution in [0.5, 0.6) is 0 Å². The molecule has 1 saturated carbocycles. The van der Waals surface area contributed by atoms with Gasteiger partial charge in [-0.05, 0) is 70.9 Å². The SMILES string of the molecule is CCCC1CCC(NCC2CCN(C(C)C)C2)CC1. The van der Waals surface area contributed by atoms with Crippen LogP contribution < -0.4 is 5.32 Å². The van der Waals surface area contributed by atoms with Crippen LogP contribution in [0.3, 0.4) is 0 Å². The highest BCUT2D eigenvalue weighted by Crippen LogP contribution is 2.28. The van der Waals surface area contributed by atoms with E-state index >= 15 is 0 Å². The molecule has 2 aliphatic rings. The molecule has 2 nitrogen and oxygen atoms in total. The average Bonchev–Trinajstić information content (AvgIpc) is 2.87. The summed E-state index contributed by atoms with van der Waals surface area (Å²) in [7, 11) is 0. The fourth-order valence-electron chi connectivity index (χ4n) is 3.90. The molecule has 1 N–H and O–H groups in total. The molecule has 19 heavy (non-hydrogen) atoms. The van der Waals surface area contributed by atoms with Gasteiger partial charge in [0.15, 0.2) is 0 Å². The van der Waals surface area contributed by atoms with Gasteiger partial charge >= 0.3 is 0 Å². The normalized spacial score (nSPS) is 33.2. The first-order valence-corrected chi connectivity index (χ1v) is 8.66. The van der Waals surface area contributed by atoms with E-state index < -0.39 is 0 Å². The van der Waals surface area contributed by atoms with Crippen LogP contribution in [0.4, 0.5) is 0 Å². The van der Waals surface area contributed by atoms with E-state index in [4.69, 9.17) is 0 Å². The van der Waals surface area contributed by atoms with Crippen LogP contribution in [0.2, 0.25) is 0 Å². The van der Waals surface area contributed by atoms with E-state index in [1.807, 2.05) is 0 Å². The highest BCUT2D eigenvalue weighted by atomic mass is 15.2. The number of hydrogen-bond donors (Lipinski definition) is 1. The van der Waals surface area contributed by atoms with Crippen LogP contribution in [0.1, 0.15) is 65.7 Å². The molecule has 112 valence electrons. The summed E-state index contributed by atoms with van der Waals surface area (Å²) in [6.45, 7) is 10.9. The fourth-order valence-corrected chi connectivity index (χ4v) is 3.90. The first kappa shape index (κ1) is 15.3. The molecule has 0 bridgehead atoms. The van der Waals surface area contributed by atoms with E-state index in [1.54, 1.807) is 0 Å². The second-order valence-corrected chi connectivity index (χ2v) is 7.16. The Kier molecular flexibility index (Phi) is 6.15. The van der Waals surface area contributed by atoms with E-state index in [0.29, 0.717) is 0 Å². The van der Waals surface area contributed by atoms with Crippen LogP contribution in [0, 0.1) is 11.8 Å². The first-order valence-electron chi connectivity index (χ1n) is 8.66. The Morgan fingerprint density at radius 3 is 2.37 bits per heavy atom. The van der Waals surface area contributed by atoms with E-state index in [0.717, 1.165) is 23.9 Å². The van der Waals surface area contributed by atoms with E-state index in [2.05, 4.69) is 31.0 Å². The van der Waals surface area contributed by atoms with Gasteiger partial charge in [0.05, 0.1) is 0 Å². The van der Waals surface area contributed by atoms with Gasteiger partial charge in [-0.15, -0.1) is 0 Å². The lowest BCUT2D eigenvalue weighted by atomic mass is 9.83. The van der Waals surface area contributed by atoms with Crippen molar-refractivity contribution in [1.29, 1.82) is 0 Å². The van der Waals surface area contributed by atoms with E-state index in [1.165, 1.54) is 64.6 Å². The minimum absolute atomic E-state index is 0.731. The summed E-state index contributed by atoms with van der Waals surface area (Å²) in [5, 5.41) is 3.86. The predicted molar refractivity (Wildman–Crippen MR) is 83.5 cm³/mol. The van der Waals surface area contributed by atoms with Crippen molar-refractivity contribution in [3.8, 4) is 0 Å². The smallest absolute Gasteiger partial charge is 0.00673 e. The molecule has 1 heterocycles. The van der Waals surface area contributed by atoms with Gasteiger partial charge in [-0.3, -0.25) is 0 Å². The average molecular weight is 266 g/mol. The Bertz CT molecular complexity index is 244. The van der Waals surface area contributed by atoms with Crippen molar-refractivity contribution < 1.29 is 0 Å².